The summed E-state index contributed by atoms with van der Waals surface area (Å²) in [6, 6.07) is 7.87. The standard InChI is InChI=1S/C11H14FNO.Ar/c1-8-3-5-10(6-4-8)7-9(2)11(14)13-12;/h3-6,9H,7H2,1-2H3,(H,13,14);/t9-;/m0./s1. The number of rotatable bonds is 3. The molecule has 0 saturated heterocycles. The minimum Gasteiger partial charge on any atom is -0.272 e. The van der Waals surface area contributed by atoms with Crippen molar-refractivity contribution in [3.63, 3.8) is 0 Å². The molecule has 0 saturated carbocycles. The van der Waals surface area contributed by atoms with Crippen molar-refractivity contribution in [1.82, 2.24) is 5.54 Å². The molecule has 1 aromatic rings. The predicted octanol–water partition coefficient (Wildman–Crippen LogP) is 2.17. The maximum atomic E-state index is 11.8. The van der Waals surface area contributed by atoms with Gasteiger partial charge in [-0.05, 0) is 18.9 Å². The second-order valence-electron chi connectivity index (χ2n) is 3.55. The fourth-order valence-electron chi connectivity index (χ4n) is 1.26. The number of hydrogen-bond acceptors (Lipinski definition) is 1. The molecule has 0 unspecified atom stereocenters. The molecular formula is C11H14ArFNO. The smallest absolute Gasteiger partial charge is 0.250 e. The molecule has 0 bridgehead atoms. The molecule has 1 aromatic carbocycles. The topological polar surface area (TPSA) is 29.1 Å². The van der Waals surface area contributed by atoms with Gasteiger partial charge in [0.2, 0.25) is 0 Å². The third-order valence-corrected chi connectivity index (χ3v) is 2.20. The van der Waals surface area contributed by atoms with E-state index in [2.05, 4.69) is 0 Å². The number of benzene rings is 1. The number of hydrogen-bond donors (Lipinski definition) is 1. The number of aryl methyl sites for hydroxylation is 1. The largest absolute Gasteiger partial charge is 0.272 e. The third-order valence-electron chi connectivity index (χ3n) is 2.20. The van der Waals surface area contributed by atoms with Crippen LogP contribution < -0.4 is 5.54 Å². The quantitative estimate of drug-likeness (QED) is 0.799. The van der Waals surface area contributed by atoms with Crippen LogP contribution >= 0.6 is 0 Å². The number of nitrogens with one attached hydrogen (secondary N) is 1. The molecule has 0 heterocycles. The summed E-state index contributed by atoms with van der Waals surface area (Å²) in [5.41, 5.74) is 3.38. The van der Waals surface area contributed by atoms with Crippen molar-refractivity contribution in [3.8, 4) is 0 Å². The Labute approximate surface area is 119 Å². The van der Waals surface area contributed by atoms with Crippen molar-refractivity contribution < 1.29 is 47.0 Å². The Hall–Kier alpha value is -0.120. The van der Waals surface area contributed by atoms with Gasteiger partial charge in [-0.15, -0.1) is 4.48 Å². The minimum absolute atomic E-state index is 0. The predicted molar refractivity (Wildman–Crippen MR) is 53.3 cm³/mol. The zero-order chi connectivity index (χ0) is 10.6. The maximum absolute atomic E-state index is 11.8. The zero-order valence-electron chi connectivity index (χ0n) is 8.73. The molecule has 0 aliphatic heterocycles. The van der Waals surface area contributed by atoms with Gasteiger partial charge in [0.25, 0.3) is 5.91 Å². The molecule has 1 atom stereocenters. The average molecular weight is 235 g/mol. The third kappa shape index (κ3) is 4.96. The monoisotopic (exact) mass is 235 g/mol. The van der Waals surface area contributed by atoms with E-state index in [1.54, 1.807) is 6.92 Å². The number of halogens is 1. The van der Waals surface area contributed by atoms with Gasteiger partial charge in [-0.2, -0.15) is 5.54 Å². The van der Waals surface area contributed by atoms with Crippen LogP contribution in [0, 0.1) is 50.6 Å². The Kier molecular flexibility index (Phi) is 7.14. The van der Waals surface area contributed by atoms with Crippen molar-refractivity contribution >= 4 is 5.91 Å². The van der Waals surface area contributed by atoms with Crippen LogP contribution in [0.5, 0.6) is 0 Å². The summed E-state index contributed by atoms with van der Waals surface area (Å²) < 4.78 is 11.8. The van der Waals surface area contributed by atoms with Crippen LogP contribution in [-0.4, -0.2) is 5.91 Å². The number of carbonyl (C=O) groups is 1. The Balaban J connectivity index is 0.00000196. The molecule has 4 heteroatoms. The first-order chi connectivity index (χ1) is 6.63. The second-order valence-corrected chi connectivity index (χ2v) is 3.55. The van der Waals surface area contributed by atoms with Gasteiger partial charge in [0.15, 0.2) is 0 Å². The summed E-state index contributed by atoms with van der Waals surface area (Å²) in [7, 11) is 0. The van der Waals surface area contributed by atoms with Crippen LogP contribution in [0.3, 0.4) is 0 Å². The van der Waals surface area contributed by atoms with E-state index in [1.165, 1.54) is 5.56 Å². The fourth-order valence-corrected chi connectivity index (χ4v) is 1.26. The number of amides is 1. The Morgan fingerprint density at radius 2 is 1.93 bits per heavy atom. The Bertz CT molecular complexity index is 313. The van der Waals surface area contributed by atoms with Crippen LogP contribution in [0.15, 0.2) is 24.3 Å². The van der Waals surface area contributed by atoms with Crippen molar-refractivity contribution in [2.75, 3.05) is 0 Å². The van der Waals surface area contributed by atoms with E-state index in [4.69, 9.17) is 0 Å². The second kappa shape index (κ2) is 7.20. The molecule has 1 rings (SSSR count). The molecule has 0 radical (unpaired) electrons. The molecule has 1 amide bonds. The maximum Gasteiger partial charge on any atom is 0.250 e. The van der Waals surface area contributed by atoms with Crippen LogP contribution in [-0.2, 0) is 11.2 Å². The van der Waals surface area contributed by atoms with E-state index < -0.39 is 5.91 Å². The first-order valence-electron chi connectivity index (χ1n) is 4.59. The van der Waals surface area contributed by atoms with Crippen LogP contribution in [0.4, 0.5) is 4.48 Å². The Morgan fingerprint density at radius 1 is 1.40 bits per heavy atom. The van der Waals surface area contributed by atoms with Gasteiger partial charge in [-0.3, -0.25) is 4.79 Å². The van der Waals surface area contributed by atoms with E-state index in [9.17, 15) is 9.28 Å². The van der Waals surface area contributed by atoms with E-state index in [0.717, 1.165) is 11.1 Å². The van der Waals surface area contributed by atoms with Crippen LogP contribution in [0.2, 0.25) is 0 Å². The van der Waals surface area contributed by atoms with E-state index in [0.29, 0.717) is 6.42 Å². The summed E-state index contributed by atoms with van der Waals surface area (Å²) in [6.45, 7) is 3.70. The average Bonchev–Trinajstić information content (AvgIpc) is 2.20. The van der Waals surface area contributed by atoms with Gasteiger partial charge in [0, 0.05) is 43.7 Å². The molecular weight excluding hydrogens is 221 g/mol. The molecule has 15 heavy (non-hydrogen) atoms. The van der Waals surface area contributed by atoms with Gasteiger partial charge in [-0.25, -0.2) is 0 Å². The first-order valence-corrected chi connectivity index (χ1v) is 4.59. The van der Waals surface area contributed by atoms with Crippen LogP contribution in [0.25, 0.3) is 0 Å². The van der Waals surface area contributed by atoms with Gasteiger partial charge < -0.3 is 0 Å². The molecule has 84 valence electrons. The molecule has 0 fully saturated rings. The van der Waals surface area contributed by atoms with Crippen molar-refractivity contribution in [3.05, 3.63) is 35.4 Å². The van der Waals surface area contributed by atoms with Gasteiger partial charge >= 0.3 is 0 Å². The zero-order valence-corrected chi connectivity index (χ0v) is 9.44. The molecule has 0 aliphatic carbocycles. The normalized spacial score (nSPS) is 11.4. The van der Waals surface area contributed by atoms with Crippen LogP contribution in [0.1, 0.15) is 18.1 Å². The summed E-state index contributed by atoms with van der Waals surface area (Å²) >= 11 is 0. The number of carbonyl (C=O) groups excluding carboxylic acids is 1. The van der Waals surface area contributed by atoms with E-state index >= 15 is 0 Å². The molecule has 1 N–H and O–H groups in total. The van der Waals surface area contributed by atoms with Gasteiger partial charge in [0.1, 0.15) is 0 Å². The van der Waals surface area contributed by atoms with Gasteiger partial charge in [-0.1, -0.05) is 36.8 Å². The van der Waals surface area contributed by atoms with E-state index in [-0.39, 0.29) is 43.7 Å². The molecule has 2 nitrogen and oxygen atoms in total. The summed E-state index contributed by atoms with van der Waals surface area (Å²) in [6.07, 6.45) is 0.566. The summed E-state index contributed by atoms with van der Waals surface area (Å²) in [5.74, 6) is -0.895. The molecule has 0 spiro atoms. The minimum atomic E-state index is -0.564. The van der Waals surface area contributed by atoms with Crippen molar-refractivity contribution in [2.45, 2.75) is 20.3 Å². The van der Waals surface area contributed by atoms with E-state index in [1.807, 2.05) is 31.2 Å². The summed E-state index contributed by atoms with van der Waals surface area (Å²) in [4.78, 5) is 10.9. The summed E-state index contributed by atoms with van der Waals surface area (Å²) in [5, 5.41) is 0. The van der Waals surface area contributed by atoms with Gasteiger partial charge in [0.05, 0.1) is 0 Å². The first kappa shape index (κ1) is 14.9. The Morgan fingerprint density at radius 3 is 2.40 bits per heavy atom. The fraction of sp³-hybridized carbons (Fsp3) is 0.364. The van der Waals surface area contributed by atoms with Crippen molar-refractivity contribution in [1.29, 1.82) is 0 Å². The SMILES string of the molecule is Cc1ccc(C[C@H](C)C(=O)NF)cc1.[Ar]. The molecule has 0 aromatic heterocycles. The van der Waals surface area contributed by atoms with Crippen molar-refractivity contribution in [2.24, 2.45) is 5.92 Å². The molecule has 0 aliphatic rings.